The lowest BCUT2D eigenvalue weighted by molar-refractivity contribution is 0.112. The van der Waals surface area contributed by atoms with Crippen molar-refractivity contribution in [1.29, 1.82) is 5.26 Å². The van der Waals surface area contributed by atoms with Gasteiger partial charge in [-0.05, 0) is 65.1 Å². The average Bonchev–Trinajstić information content (AvgIpc) is 2.41. The van der Waals surface area contributed by atoms with Gasteiger partial charge in [-0.3, -0.25) is 4.79 Å². The molecule has 0 saturated heterocycles. The molecule has 0 bridgehead atoms. The number of nitrogens with zero attached hydrogens (tertiary/aromatic N) is 1. The molecule has 18 heavy (non-hydrogen) atoms. The van der Waals surface area contributed by atoms with Gasteiger partial charge in [0.25, 0.3) is 0 Å². The van der Waals surface area contributed by atoms with E-state index in [9.17, 15) is 4.79 Å². The van der Waals surface area contributed by atoms with Crippen LogP contribution in [0.1, 0.15) is 15.9 Å². The predicted octanol–water partition coefficient (Wildman–Crippen LogP) is 3.77. The molecule has 0 saturated carbocycles. The number of hydrogen-bond donors (Lipinski definition) is 0. The minimum atomic E-state index is 0.506. The van der Waals surface area contributed by atoms with Gasteiger partial charge in [0.1, 0.15) is 11.5 Å². The largest absolute Gasteiger partial charge is 0.457 e. The molecule has 0 aliphatic heterocycles. The topological polar surface area (TPSA) is 50.1 Å². The van der Waals surface area contributed by atoms with Crippen molar-refractivity contribution >= 4 is 28.9 Å². The summed E-state index contributed by atoms with van der Waals surface area (Å²) >= 11 is 2.14. The highest BCUT2D eigenvalue weighted by Crippen LogP contribution is 2.26. The Balaban J connectivity index is 2.28. The Labute approximate surface area is 118 Å². The number of carbonyl (C=O) groups excluding carboxylic acids is 1. The minimum Gasteiger partial charge on any atom is -0.457 e. The van der Waals surface area contributed by atoms with Crippen LogP contribution in [0.5, 0.6) is 11.5 Å². The molecular weight excluding hydrogens is 341 g/mol. The van der Waals surface area contributed by atoms with Crippen molar-refractivity contribution in [2.24, 2.45) is 0 Å². The van der Waals surface area contributed by atoms with Crippen LogP contribution in [0.3, 0.4) is 0 Å². The first-order valence-corrected chi connectivity index (χ1v) is 6.23. The summed E-state index contributed by atoms with van der Waals surface area (Å²) < 4.78 is 6.58. The first kappa shape index (κ1) is 12.6. The van der Waals surface area contributed by atoms with Gasteiger partial charge < -0.3 is 4.74 Å². The summed E-state index contributed by atoms with van der Waals surface area (Å²) in [6, 6.07) is 14.2. The quantitative estimate of drug-likeness (QED) is 0.626. The standard InChI is InChI=1S/C14H8INO2/c15-12-3-6-14(11(7-12)9-17)18-13-4-1-10(8-16)2-5-13/h1-7,9H. The van der Waals surface area contributed by atoms with Crippen LogP contribution in [0.25, 0.3) is 0 Å². The third-order valence-corrected chi connectivity index (χ3v) is 2.98. The van der Waals surface area contributed by atoms with Crippen LogP contribution in [0.4, 0.5) is 0 Å². The summed E-state index contributed by atoms with van der Waals surface area (Å²) in [7, 11) is 0. The molecule has 0 spiro atoms. The van der Waals surface area contributed by atoms with E-state index in [1.54, 1.807) is 36.4 Å². The van der Waals surface area contributed by atoms with Gasteiger partial charge in [-0.25, -0.2) is 0 Å². The van der Waals surface area contributed by atoms with Crippen molar-refractivity contribution < 1.29 is 9.53 Å². The lowest BCUT2D eigenvalue weighted by Crippen LogP contribution is -1.91. The van der Waals surface area contributed by atoms with E-state index in [-0.39, 0.29) is 0 Å². The van der Waals surface area contributed by atoms with Crippen molar-refractivity contribution in [3.8, 4) is 17.6 Å². The number of benzene rings is 2. The molecule has 0 N–H and O–H groups in total. The zero-order chi connectivity index (χ0) is 13.0. The molecule has 0 radical (unpaired) electrons. The highest BCUT2D eigenvalue weighted by atomic mass is 127. The Kier molecular flexibility index (Phi) is 3.95. The SMILES string of the molecule is N#Cc1ccc(Oc2ccc(I)cc2C=O)cc1. The lowest BCUT2D eigenvalue weighted by atomic mass is 10.2. The highest BCUT2D eigenvalue weighted by Gasteiger charge is 2.05. The van der Waals surface area contributed by atoms with Gasteiger partial charge in [0.2, 0.25) is 0 Å². The van der Waals surface area contributed by atoms with Crippen LogP contribution in [-0.2, 0) is 0 Å². The molecule has 2 rings (SSSR count). The number of carbonyl (C=O) groups is 1. The highest BCUT2D eigenvalue weighted by molar-refractivity contribution is 14.1. The van der Waals surface area contributed by atoms with Gasteiger partial charge in [-0.2, -0.15) is 5.26 Å². The molecule has 0 heterocycles. The van der Waals surface area contributed by atoms with E-state index in [0.29, 0.717) is 22.6 Å². The summed E-state index contributed by atoms with van der Waals surface area (Å²) in [6.07, 6.45) is 0.765. The number of hydrogen-bond acceptors (Lipinski definition) is 3. The summed E-state index contributed by atoms with van der Waals surface area (Å²) in [5, 5.41) is 8.69. The Morgan fingerprint density at radius 2 is 1.89 bits per heavy atom. The molecule has 0 unspecified atom stereocenters. The first-order chi connectivity index (χ1) is 8.72. The molecular formula is C14H8INO2. The summed E-state index contributed by atoms with van der Waals surface area (Å²) in [6.45, 7) is 0. The second-order valence-corrected chi connectivity index (χ2v) is 4.78. The van der Waals surface area contributed by atoms with Gasteiger partial charge in [0.05, 0.1) is 17.2 Å². The molecule has 4 heteroatoms. The minimum absolute atomic E-state index is 0.506. The van der Waals surface area contributed by atoms with Crippen LogP contribution < -0.4 is 4.74 Å². The maximum absolute atomic E-state index is 10.9. The third-order valence-electron chi connectivity index (χ3n) is 2.31. The fourth-order valence-corrected chi connectivity index (χ4v) is 1.94. The van der Waals surface area contributed by atoms with Crippen molar-refractivity contribution in [3.63, 3.8) is 0 Å². The number of aldehydes is 1. The molecule has 0 amide bonds. The Morgan fingerprint density at radius 1 is 1.17 bits per heavy atom. The normalized spacial score (nSPS) is 9.56. The van der Waals surface area contributed by atoms with Gasteiger partial charge in [-0.1, -0.05) is 0 Å². The molecule has 3 nitrogen and oxygen atoms in total. The zero-order valence-corrected chi connectivity index (χ0v) is 11.4. The Hall–Kier alpha value is -1.87. The van der Waals surface area contributed by atoms with Gasteiger partial charge >= 0.3 is 0 Å². The lowest BCUT2D eigenvalue weighted by Gasteiger charge is -2.08. The Bertz CT molecular complexity index is 615. The second-order valence-electron chi connectivity index (χ2n) is 3.54. The molecule has 2 aromatic carbocycles. The van der Waals surface area contributed by atoms with Crippen LogP contribution in [-0.4, -0.2) is 6.29 Å². The zero-order valence-electron chi connectivity index (χ0n) is 9.26. The van der Waals surface area contributed by atoms with Crippen molar-refractivity contribution in [3.05, 3.63) is 57.2 Å². The number of halogens is 1. The maximum Gasteiger partial charge on any atom is 0.153 e. The molecule has 88 valence electrons. The second kappa shape index (κ2) is 5.65. The first-order valence-electron chi connectivity index (χ1n) is 5.15. The molecule has 2 aromatic rings. The third kappa shape index (κ3) is 2.87. The number of rotatable bonds is 3. The van der Waals surface area contributed by atoms with Crippen LogP contribution in [0, 0.1) is 14.9 Å². The van der Waals surface area contributed by atoms with Crippen LogP contribution >= 0.6 is 22.6 Å². The predicted molar refractivity (Wildman–Crippen MR) is 75.8 cm³/mol. The van der Waals surface area contributed by atoms with Crippen LogP contribution in [0.2, 0.25) is 0 Å². The molecule has 0 fully saturated rings. The maximum atomic E-state index is 10.9. The van der Waals surface area contributed by atoms with E-state index in [1.807, 2.05) is 12.1 Å². The van der Waals surface area contributed by atoms with E-state index < -0.39 is 0 Å². The summed E-state index contributed by atoms with van der Waals surface area (Å²) in [5.74, 6) is 1.11. The van der Waals surface area contributed by atoms with Gasteiger partial charge in [-0.15, -0.1) is 0 Å². The molecule has 0 aromatic heterocycles. The molecule has 0 aliphatic rings. The molecule has 0 atom stereocenters. The van der Waals surface area contributed by atoms with Crippen molar-refractivity contribution in [1.82, 2.24) is 0 Å². The van der Waals surface area contributed by atoms with E-state index in [2.05, 4.69) is 22.6 Å². The molecule has 0 aliphatic carbocycles. The van der Waals surface area contributed by atoms with E-state index in [1.165, 1.54) is 0 Å². The van der Waals surface area contributed by atoms with E-state index in [4.69, 9.17) is 10.00 Å². The average molecular weight is 349 g/mol. The number of nitriles is 1. The van der Waals surface area contributed by atoms with Crippen LogP contribution in [0.15, 0.2) is 42.5 Å². The Morgan fingerprint density at radius 3 is 2.50 bits per heavy atom. The van der Waals surface area contributed by atoms with E-state index >= 15 is 0 Å². The van der Waals surface area contributed by atoms with Crippen molar-refractivity contribution in [2.45, 2.75) is 0 Å². The van der Waals surface area contributed by atoms with Gasteiger partial charge in [0, 0.05) is 3.57 Å². The smallest absolute Gasteiger partial charge is 0.153 e. The van der Waals surface area contributed by atoms with Gasteiger partial charge in [0.15, 0.2) is 6.29 Å². The van der Waals surface area contributed by atoms with E-state index in [0.717, 1.165) is 9.86 Å². The monoisotopic (exact) mass is 349 g/mol. The fourth-order valence-electron chi connectivity index (χ4n) is 1.43. The van der Waals surface area contributed by atoms with Crippen molar-refractivity contribution in [2.75, 3.05) is 0 Å². The number of ether oxygens (including phenoxy) is 1. The fraction of sp³-hybridized carbons (Fsp3) is 0. The summed E-state index contributed by atoms with van der Waals surface area (Å²) in [4.78, 5) is 10.9. The summed E-state index contributed by atoms with van der Waals surface area (Å²) in [5.41, 5.74) is 1.08.